The Balaban J connectivity index is 2.44. The summed E-state index contributed by atoms with van der Waals surface area (Å²) in [4.78, 5) is 10.0. The van der Waals surface area contributed by atoms with Crippen molar-refractivity contribution >= 4 is 17.6 Å². The fourth-order valence-corrected chi connectivity index (χ4v) is 2.06. The van der Waals surface area contributed by atoms with Gasteiger partial charge in [0.25, 0.3) is 0 Å². The predicted molar refractivity (Wildman–Crippen MR) is 48.5 cm³/mol. The summed E-state index contributed by atoms with van der Waals surface area (Å²) in [7, 11) is 0. The highest BCUT2D eigenvalue weighted by molar-refractivity contribution is 6.25. The molecule has 1 rings (SSSR count). The monoisotopic (exact) mass is 190 g/mol. The maximum absolute atomic E-state index is 10.5. The van der Waals surface area contributed by atoms with Gasteiger partial charge in [0.15, 0.2) is 0 Å². The summed E-state index contributed by atoms with van der Waals surface area (Å²) in [6.07, 6.45) is 3.94. The van der Waals surface area contributed by atoms with Crippen molar-refractivity contribution in [3.8, 4) is 0 Å². The SMILES string of the molecule is CC1CCC(Cl)(CC(=O)O)CC1. The van der Waals surface area contributed by atoms with Gasteiger partial charge in [-0.1, -0.05) is 6.92 Å². The van der Waals surface area contributed by atoms with E-state index >= 15 is 0 Å². The minimum absolute atomic E-state index is 0.112. The van der Waals surface area contributed by atoms with Gasteiger partial charge in [0.1, 0.15) is 0 Å². The zero-order valence-corrected chi connectivity index (χ0v) is 8.10. The highest BCUT2D eigenvalue weighted by Gasteiger charge is 2.33. The van der Waals surface area contributed by atoms with Gasteiger partial charge < -0.3 is 5.11 Å². The van der Waals surface area contributed by atoms with Crippen LogP contribution in [0.15, 0.2) is 0 Å². The highest BCUT2D eigenvalue weighted by atomic mass is 35.5. The standard InChI is InChI=1S/C9H15ClO2/c1-7-2-4-9(10,5-3-7)6-8(11)12/h7H,2-6H2,1H3,(H,11,12). The molecule has 0 aromatic heterocycles. The molecule has 0 aromatic carbocycles. The molecule has 70 valence electrons. The van der Waals surface area contributed by atoms with Crippen molar-refractivity contribution in [1.82, 2.24) is 0 Å². The molecule has 0 atom stereocenters. The third-order valence-electron chi connectivity index (χ3n) is 2.64. The quantitative estimate of drug-likeness (QED) is 0.680. The van der Waals surface area contributed by atoms with Crippen molar-refractivity contribution in [3.63, 3.8) is 0 Å². The fraction of sp³-hybridized carbons (Fsp3) is 0.889. The molecule has 0 bridgehead atoms. The van der Waals surface area contributed by atoms with E-state index in [1.165, 1.54) is 0 Å². The number of carboxylic acid groups (broad SMARTS) is 1. The maximum atomic E-state index is 10.5. The number of rotatable bonds is 2. The first-order chi connectivity index (χ1) is 5.52. The highest BCUT2D eigenvalue weighted by Crippen LogP contribution is 2.39. The number of alkyl halides is 1. The lowest BCUT2D eigenvalue weighted by atomic mass is 9.81. The smallest absolute Gasteiger partial charge is 0.305 e. The zero-order chi connectivity index (χ0) is 9.19. The molecule has 1 N–H and O–H groups in total. The second-order valence-electron chi connectivity index (χ2n) is 3.90. The molecule has 0 aromatic rings. The summed E-state index contributed by atoms with van der Waals surface area (Å²) in [6, 6.07) is 0. The Hall–Kier alpha value is -0.240. The second kappa shape index (κ2) is 3.65. The minimum atomic E-state index is -0.778. The Bertz CT molecular complexity index is 171. The molecule has 0 aliphatic heterocycles. The van der Waals surface area contributed by atoms with Crippen LogP contribution in [-0.4, -0.2) is 16.0 Å². The van der Waals surface area contributed by atoms with Crippen LogP contribution in [-0.2, 0) is 4.79 Å². The van der Waals surface area contributed by atoms with Gasteiger partial charge in [0.05, 0.1) is 11.3 Å². The summed E-state index contributed by atoms with van der Waals surface area (Å²) in [5.41, 5.74) is 0. The number of carboxylic acids is 1. The molecule has 12 heavy (non-hydrogen) atoms. The molecule has 0 amide bonds. The number of hydrogen-bond acceptors (Lipinski definition) is 1. The van der Waals surface area contributed by atoms with E-state index in [9.17, 15) is 4.79 Å². The van der Waals surface area contributed by atoms with Crippen molar-refractivity contribution in [3.05, 3.63) is 0 Å². The largest absolute Gasteiger partial charge is 0.481 e. The summed E-state index contributed by atoms with van der Waals surface area (Å²) >= 11 is 6.15. The average Bonchev–Trinajstić information content (AvgIpc) is 1.94. The average molecular weight is 191 g/mol. The van der Waals surface area contributed by atoms with E-state index in [1.807, 2.05) is 0 Å². The first kappa shape index (κ1) is 9.85. The van der Waals surface area contributed by atoms with Crippen LogP contribution in [0.5, 0.6) is 0 Å². The molecule has 3 heteroatoms. The topological polar surface area (TPSA) is 37.3 Å². The minimum Gasteiger partial charge on any atom is -0.481 e. The Morgan fingerprint density at radius 3 is 2.50 bits per heavy atom. The molecule has 0 heterocycles. The summed E-state index contributed by atoms with van der Waals surface area (Å²) in [6.45, 7) is 2.19. The van der Waals surface area contributed by atoms with Gasteiger partial charge in [-0.15, -0.1) is 11.6 Å². The third kappa shape index (κ3) is 2.67. The number of aliphatic carboxylic acids is 1. The van der Waals surface area contributed by atoms with Gasteiger partial charge in [-0.05, 0) is 31.6 Å². The van der Waals surface area contributed by atoms with Crippen LogP contribution in [0.25, 0.3) is 0 Å². The number of halogens is 1. The van der Waals surface area contributed by atoms with Gasteiger partial charge in [-0.3, -0.25) is 4.79 Å². The molecular weight excluding hydrogens is 176 g/mol. The van der Waals surface area contributed by atoms with Gasteiger partial charge in [-0.2, -0.15) is 0 Å². The molecule has 1 saturated carbocycles. The summed E-state index contributed by atoms with van der Waals surface area (Å²) in [5, 5.41) is 8.61. The molecule has 0 spiro atoms. The molecule has 2 nitrogen and oxygen atoms in total. The van der Waals surface area contributed by atoms with Crippen molar-refractivity contribution < 1.29 is 9.90 Å². The van der Waals surface area contributed by atoms with Crippen molar-refractivity contribution in [2.75, 3.05) is 0 Å². The van der Waals surface area contributed by atoms with Crippen molar-refractivity contribution in [2.24, 2.45) is 5.92 Å². The van der Waals surface area contributed by atoms with E-state index in [-0.39, 0.29) is 6.42 Å². The normalized spacial score (nSPS) is 36.3. The van der Waals surface area contributed by atoms with Gasteiger partial charge in [0.2, 0.25) is 0 Å². The van der Waals surface area contributed by atoms with E-state index in [0.717, 1.165) is 25.7 Å². The van der Waals surface area contributed by atoms with Crippen molar-refractivity contribution in [1.29, 1.82) is 0 Å². The van der Waals surface area contributed by atoms with Crippen LogP contribution in [0.4, 0.5) is 0 Å². The second-order valence-corrected chi connectivity index (χ2v) is 4.71. The first-order valence-electron chi connectivity index (χ1n) is 4.42. The molecule has 0 saturated heterocycles. The molecular formula is C9H15ClO2. The Labute approximate surface area is 77.9 Å². The van der Waals surface area contributed by atoms with E-state index in [4.69, 9.17) is 16.7 Å². The molecule has 0 unspecified atom stereocenters. The van der Waals surface area contributed by atoms with Crippen LogP contribution in [0.1, 0.15) is 39.0 Å². The molecule has 1 fully saturated rings. The van der Waals surface area contributed by atoms with Gasteiger partial charge in [0, 0.05) is 0 Å². The molecule has 0 radical (unpaired) electrons. The van der Waals surface area contributed by atoms with Crippen molar-refractivity contribution in [2.45, 2.75) is 43.9 Å². The van der Waals surface area contributed by atoms with Crippen LogP contribution < -0.4 is 0 Å². The Kier molecular flexibility index (Phi) is 2.99. The van der Waals surface area contributed by atoms with E-state index in [0.29, 0.717) is 5.92 Å². The Morgan fingerprint density at radius 2 is 2.08 bits per heavy atom. The fourth-order valence-electron chi connectivity index (χ4n) is 1.73. The molecule has 1 aliphatic carbocycles. The van der Waals surface area contributed by atoms with Crippen LogP contribution in [0, 0.1) is 5.92 Å². The van der Waals surface area contributed by atoms with Gasteiger partial charge in [-0.25, -0.2) is 0 Å². The maximum Gasteiger partial charge on any atom is 0.305 e. The first-order valence-corrected chi connectivity index (χ1v) is 4.80. The van der Waals surface area contributed by atoms with Crippen LogP contribution in [0.2, 0.25) is 0 Å². The van der Waals surface area contributed by atoms with E-state index in [2.05, 4.69) is 6.92 Å². The molecule has 1 aliphatic rings. The summed E-state index contributed by atoms with van der Waals surface area (Å²) < 4.78 is 0. The lowest BCUT2D eigenvalue weighted by Crippen LogP contribution is -2.30. The van der Waals surface area contributed by atoms with Crippen LogP contribution >= 0.6 is 11.6 Å². The Morgan fingerprint density at radius 1 is 1.58 bits per heavy atom. The van der Waals surface area contributed by atoms with Crippen LogP contribution in [0.3, 0.4) is 0 Å². The van der Waals surface area contributed by atoms with E-state index in [1.54, 1.807) is 0 Å². The lowest BCUT2D eigenvalue weighted by Gasteiger charge is -2.32. The van der Waals surface area contributed by atoms with Gasteiger partial charge >= 0.3 is 5.97 Å². The van der Waals surface area contributed by atoms with E-state index < -0.39 is 10.8 Å². The third-order valence-corrected chi connectivity index (χ3v) is 3.15. The summed E-state index contributed by atoms with van der Waals surface area (Å²) in [5.74, 6) is -0.0646. The predicted octanol–water partition coefficient (Wildman–Crippen LogP) is 2.65. The zero-order valence-electron chi connectivity index (χ0n) is 7.35. The number of hydrogen-bond donors (Lipinski definition) is 1. The number of carbonyl (C=O) groups is 1. The lowest BCUT2D eigenvalue weighted by molar-refractivity contribution is -0.138.